The van der Waals surface area contributed by atoms with E-state index in [9.17, 15) is 17.6 Å². The van der Waals surface area contributed by atoms with E-state index >= 15 is 0 Å². The normalized spacial score (nSPS) is 11.4. The van der Waals surface area contributed by atoms with Gasteiger partial charge in [-0.3, -0.25) is 9.10 Å². The number of carbonyl (C=O) groups excluding carboxylic acids is 1. The van der Waals surface area contributed by atoms with Gasteiger partial charge in [-0.2, -0.15) is 0 Å². The minimum Gasteiger partial charge on any atom is -0.354 e. The second-order valence-electron chi connectivity index (χ2n) is 4.73. The van der Waals surface area contributed by atoms with Gasteiger partial charge in [-0.15, -0.1) is 0 Å². The van der Waals surface area contributed by atoms with Gasteiger partial charge in [0.2, 0.25) is 15.9 Å². The van der Waals surface area contributed by atoms with E-state index < -0.39 is 15.8 Å². The smallest absolute Gasteiger partial charge is 0.232 e. The lowest BCUT2D eigenvalue weighted by Gasteiger charge is -2.23. The molecule has 1 aromatic carbocycles. The summed E-state index contributed by atoms with van der Waals surface area (Å²) in [6.45, 7) is 3.58. The molecule has 1 N–H and O–H groups in total. The number of para-hydroxylation sites is 1. The lowest BCUT2D eigenvalue weighted by Crippen LogP contribution is -2.39. The van der Waals surface area contributed by atoms with Crippen LogP contribution in [0.2, 0.25) is 0 Å². The molecule has 112 valence electrons. The first-order valence-corrected chi connectivity index (χ1v) is 8.08. The first-order chi connectivity index (χ1) is 9.23. The van der Waals surface area contributed by atoms with Crippen molar-refractivity contribution in [1.29, 1.82) is 0 Å². The number of hydrogen-bond donors (Lipinski definition) is 1. The van der Waals surface area contributed by atoms with Gasteiger partial charge < -0.3 is 5.32 Å². The third kappa shape index (κ3) is 4.48. The average molecular weight is 302 g/mol. The van der Waals surface area contributed by atoms with Gasteiger partial charge in [0, 0.05) is 12.5 Å². The van der Waals surface area contributed by atoms with Crippen molar-refractivity contribution < 1.29 is 17.6 Å². The molecule has 0 atom stereocenters. The number of hydrogen-bond acceptors (Lipinski definition) is 3. The van der Waals surface area contributed by atoms with Gasteiger partial charge >= 0.3 is 0 Å². The molecule has 0 aliphatic heterocycles. The van der Waals surface area contributed by atoms with Crippen LogP contribution in [0.25, 0.3) is 0 Å². The molecule has 0 heterocycles. The summed E-state index contributed by atoms with van der Waals surface area (Å²) in [6.07, 6.45) is 1.00. The van der Waals surface area contributed by atoms with Crippen LogP contribution in [0.5, 0.6) is 0 Å². The van der Waals surface area contributed by atoms with E-state index in [4.69, 9.17) is 0 Å². The standard InChI is InChI=1S/C13H19FN2O3S/c1-10(2)13(17)15-8-9-16(20(3,18)19)12-7-5-4-6-11(12)14/h4-7,10H,8-9H2,1-3H3,(H,15,17). The van der Waals surface area contributed by atoms with Crippen LogP contribution in [-0.4, -0.2) is 33.7 Å². The Bertz CT molecular complexity index is 573. The zero-order valence-corrected chi connectivity index (χ0v) is 12.6. The predicted octanol–water partition coefficient (Wildman–Crippen LogP) is 1.36. The topological polar surface area (TPSA) is 66.5 Å². The molecular weight excluding hydrogens is 283 g/mol. The van der Waals surface area contributed by atoms with E-state index in [1.807, 2.05) is 0 Å². The minimum atomic E-state index is -3.62. The number of nitrogens with one attached hydrogen (secondary N) is 1. The van der Waals surface area contributed by atoms with E-state index in [1.54, 1.807) is 19.9 Å². The molecule has 0 saturated carbocycles. The van der Waals surface area contributed by atoms with E-state index in [0.29, 0.717) is 0 Å². The van der Waals surface area contributed by atoms with Gasteiger partial charge in [0.25, 0.3) is 0 Å². The highest BCUT2D eigenvalue weighted by atomic mass is 32.2. The summed E-state index contributed by atoms with van der Waals surface area (Å²) in [5.41, 5.74) is -0.0196. The highest BCUT2D eigenvalue weighted by Crippen LogP contribution is 2.20. The fourth-order valence-electron chi connectivity index (χ4n) is 1.60. The molecule has 1 amide bonds. The van der Waals surface area contributed by atoms with Crippen molar-refractivity contribution in [3.8, 4) is 0 Å². The van der Waals surface area contributed by atoms with Gasteiger partial charge in [0.05, 0.1) is 18.5 Å². The Hall–Kier alpha value is -1.63. The molecule has 0 fully saturated rings. The Kier molecular flexibility index (Phi) is 5.50. The Morgan fingerprint density at radius 2 is 1.95 bits per heavy atom. The van der Waals surface area contributed by atoms with Crippen LogP contribution in [0.3, 0.4) is 0 Å². The Balaban J connectivity index is 2.83. The average Bonchev–Trinajstić information content (AvgIpc) is 2.34. The predicted molar refractivity (Wildman–Crippen MR) is 76.4 cm³/mol. The summed E-state index contributed by atoms with van der Waals surface area (Å²) in [5, 5.41) is 2.61. The van der Waals surface area contributed by atoms with Crippen LogP contribution in [0.4, 0.5) is 10.1 Å². The van der Waals surface area contributed by atoms with E-state index in [1.165, 1.54) is 18.2 Å². The summed E-state index contributed by atoms with van der Waals surface area (Å²) in [4.78, 5) is 11.4. The third-order valence-corrected chi connectivity index (χ3v) is 3.84. The molecule has 1 rings (SSSR count). The second kappa shape index (κ2) is 6.69. The van der Waals surface area contributed by atoms with Crippen molar-refractivity contribution in [2.24, 2.45) is 5.92 Å². The fourth-order valence-corrected chi connectivity index (χ4v) is 2.53. The molecule has 7 heteroatoms. The van der Waals surface area contributed by atoms with Crippen molar-refractivity contribution in [3.63, 3.8) is 0 Å². The number of amides is 1. The van der Waals surface area contributed by atoms with Gasteiger partial charge in [-0.05, 0) is 12.1 Å². The van der Waals surface area contributed by atoms with Gasteiger partial charge in [0.15, 0.2) is 0 Å². The van der Waals surface area contributed by atoms with Gasteiger partial charge in [-0.1, -0.05) is 26.0 Å². The monoisotopic (exact) mass is 302 g/mol. The first kappa shape index (κ1) is 16.4. The summed E-state index contributed by atoms with van der Waals surface area (Å²) in [6, 6.07) is 5.63. The van der Waals surface area contributed by atoms with Crippen molar-refractivity contribution in [2.45, 2.75) is 13.8 Å². The number of rotatable bonds is 6. The van der Waals surface area contributed by atoms with Crippen LogP contribution < -0.4 is 9.62 Å². The molecule has 0 spiro atoms. The van der Waals surface area contributed by atoms with Crippen LogP contribution >= 0.6 is 0 Å². The minimum absolute atomic E-state index is 0.0156. The number of halogens is 1. The molecular formula is C13H19FN2O3S. The molecule has 5 nitrogen and oxygen atoms in total. The van der Waals surface area contributed by atoms with Crippen molar-refractivity contribution >= 4 is 21.6 Å². The zero-order chi connectivity index (χ0) is 15.3. The number of sulfonamides is 1. The van der Waals surface area contributed by atoms with E-state index in [-0.39, 0.29) is 30.6 Å². The van der Waals surface area contributed by atoms with Crippen LogP contribution in [0.15, 0.2) is 24.3 Å². The fraction of sp³-hybridized carbons (Fsp3) is 0.462. The number of anilines is 1. The lowest BCUT2D eigenvalue weighted by molar-refractivity contribution is -0.123. The zero-order valence-electron chi connectivity index (χ0n) is 11.8. The maximum atomic E-state index is 13.7. The number of carbonyl (C=O) groups is 1. The molecule has 1 aromatic rings. The highest BCUT2D eigenvalue weighted by Gasteiger charge is 2.20. The second-order valence-corrected chi connectivity index (χ2v) is 6.64. The molecule has 0 aliphatic carbocycles. The number of benzene rings is 1. The molecule has 0 aliphatic rings. The Morgan fingerprint density at radius 1 is 1.35 bits per heavy atom. The molecule has 0 aromatic heterocycles. The summed E-state index contributed by atoms with van der Waals surface area (Å²) in [7, 11) is -3.62. The molecule has 0 saturated heterocycles. The van der Waals surface area contributed by atoms with Crippen LogP contribution in [0, 0.1) is 11.7 Å². The summed E-state index contributed by atoms with van der Waals surface area (Å²) < 4.78 is 38.1. The van der Waals surface area contributed by atoms with Crippen molar-refractivity contribution in [2.75, 3.05) is 23.7 Å². The summed E-state index contributed by atoms with van der Waals surface area (Å²) >= 11 is 0. The SMILES string of the molecule is CC(C)C(=O)NCCN(c1ccccc1F)S(C)(=O)=O. The largest absolute Gasteiger partial charge is 0.354 e. The molecule has 0 bridgehead atoms. The van der Waals surface area contributed by atoms with Gasteiger partial charge in [0.1, 0.15) is 5.82 Å². The van der Waals surface area contributed by atoms with Crippen LogP contribution in [-0.2, 0) is 14.8 Å². The maximum Gasteiger partial charge on any atom is 0.232 e. The maximum absolute atomic E-state index is 13.7. The first-order valence-electron chi connectivity index (χ1n) is 6.23. The van der Waals surface area contributed by atoms with Crippen molar-refractivity contribution in [1.82, 2.24) is 5.32 Å². The van der Waals surface area contributed by atoms with Crippen LogP contribution in [0.1, 0.15) is 13.8 Å². The van der Waals surface area contributed by atoms with Crippen molar-refractivity contribution in [3.05, 3.63) is 30.1 Å². The summed E-state index contributed by atoms with van der Waals surface area (Å²) in [5.74, 6) is -0.977. The van der Waals surface area contributed by atoms with E-state index in [2.05, 4.69) is 5.32 Å². The number of nitrogens with zero attached hydrogens (tertiary/aromatic N) is 1. The third-order valence-electron chi connectivity index (χ3n) is 2.66. The van der Waals surface area contributed by atoms with E-state index in [0.717, 1.165) is 10.6 Å². The van der Waals surface area contributed by atoms with Gasteiger partial charge in [-0.25, -0.2) is 12.8 Å². The quantitative estimate of drug-likeness (QED) is 0.863. The molecule has 0 unspecified atom stereocenters. The molecule has 20 heavy (non-hydrogen) atoms. The lowest BCUT2D eigenvalue weighted by atomic mass is 10.2. The molecule has 0 radical (unpaired) electrons. The Labute approximate surface area is 118 Å². The highest BCUT2D eigenvalue weighted by molar-refractivity contribution is 7.92. The Morgan fingerprint density at radius 3 is 2.45 bits per heavy atom.